The molecule has 0 saturated carbocycles. The van der Waals surface area contributed by atoms with E-state index in [4.69, 9.17) is 0 Å². The van der Waals surface area contributed by atoms with Crippen LogP contribution in [-0.2, 0) is 18.3 Å². The first-order valence-corrected chi connectivity index (χ1v) is 5.82. The number of hydrogen-bond acceptors (Lipinski definition) is 0. The van der Waals surface area contributed by atoms with Crippen molar-refractivity contribution in [1.29, 1.82) is 0 Å². The Morgan fingerprint density at radius 3 is 2.14 bits per heavy atom. The maximum absolute atomic E-state index is 2.44. The second-order valence-electron chi connectivity index (χ2n) is 4.75. The first kappa shape index (κ1) is 9.76. The van der Waals surface area contributed by atoms with Crippen molar-refractivity contribution in [2.75, 3.05) is 0 Å². The topological polar surface area (TPSA) is 0 Å². The maximum atomic E-state index is 2.44. The molecule has 1 aromatic carbocycles. The molecule has 0 bridgehead atoms. The summed E-state index contributed by atoms with van der Waals surface area (Å²) in [6.45, 7) is 6.97. The van der Waals surface area contributed by atoms with Crippen LogP contribution in [0.5, 0.6) is 0 Å². The van der Waals surface area contributed by atoms with E-state index in [1.54, 1.807) is 16.7 Å². The Kier molecular flexibility index (Phi) is 2.38. The highest BCUT2D eigenvalue weighted by molar-refractivity contribution is 5.41. The summed E-state index contributed by atoms with van der Waals surface area (Å²) in [5.41, 5.74) is 5.10. The van der Waals surface area contributed by atoms with Gasteiger partial charge in [0.15, 0.2) is 0 Å². The van der Waals surface area contributed by atoms with E-state index in [0.29, 0.717) is 5.41 Å². The molecule has 0 heteroatoms. The highest BCUT2D eigenvalue weighted by atomic mass is 14.3. The molecule has 0 N–H and O–H groups in total. The van der Waals surface area contributed by atoms with Crippen molar-refractivity contribution >= 4 is 0 Å². The molecule has 0 fully saturated rings. The molecule has 76 valence electrons. The van der Waals surface area contributed by atoms with Gasteiger partial charge in [0.25, 0.3) is 0 Å². The van der Waals surface area contributed by atoms with Gasteiger partial charge >= 0.3 is 0 Å². The minimum absolute atomic E-state index is 0.393. The van der Waals surface area contributed by atoms with Gasteiger partial charge < -0.3 is 0 Å². The minimum Gasteiger partial charge on any atom is -0.0645 e. The highest BCUT2D eigenvalue weighted by Crippen LogP contribution is 2.34. The number of hydrogen-bond donors (Lipinski definition) is 0. The summed E-state index contributed by atoms with van der Waals surface area (Å²) in [6, 6.07) is 7.11. The number of benzene rings is 1. The Labute approximate surface area is 87.3 Å². The molecular weight excluding hydrogens is 168 g/mol. The largest absolute Gasteiger partial charge is 0.0645 e. The molecule has 0 heterocycles. The predicted octanol–water partition coefficient (Wildman–Crippen LogP) is 3.86. The monoisotopic (exact) mass is 188 g/mol. The molecule has 0 saturated heterocycles. The van der Waals surface area contributed by atoms with Crippen LogP contribution in [0.1, 0.15) is 50.3 Å². The number of aryl methyl sites for hydroxylation is 2. The fourth-order valence-electron chi connectivity index (χ4n) is 2.23. The van der Waals surface area contributed by atoms with Gasteiger partial charge in [-0.1, -0.05) is 39.0 Å². The summed E-state index contributed by atoms with van der Waals surface area (Å²) < 4.78 is 0. The van der Waals surface area contributed by atoms with E-state index in [1.165, 1.54) is 25.7 Å². The molecule has 0 radical (unpaired) electrons. The number of fused-ring (bicyclic) bond motifs is 1. The molecule has 0 atom stereocenters. The summed E-state index contributed by atoms with van der Waals surface area (Å²) in [5.74, 6) is 0. The van der Waals surface area contributed by atoms with Gasteiger partial charge in [0.05, 0.1) is 0 Å². The molecule has 0 amide bonds. The van der Waals surface area contributed by atoms with E-state index in [-0.39, 0.29) is 0 Å². The Hall–Kier alpha value is -0.780. The molecule has 1 aliphatic rings. The Morgan fingerprint density at radius 2 is 1.71 bits per heavy atom. The second-order valence-corrected chi connectivity index (χ2v) is 4.75. The summed E-state index contributed by atoms with van der Waals surface area (Å²) in [6.07, 6.45) is 5.07. The van der Waals surface area contributed by atoms with Crippen molar-refractivity contribution < 1.29 is 0 Å². The third kappa shape index (κ3) is 1.37. The van der Waals surface area contributed by atoms with Crippen molar-refractivity contribution in [3.05, 3.63) is 34.9 Å². The van der Waals surface area contributed by atoms with E-state index in [9.17, 15) is 0 Å². The van der Waals surface area contributed by atoms with E-state index >= 15 is 0 Å². The first-order chi connectivity index (χ1) is 6.69. The van der Waals surface area contributed by atoms with Crippen molar-refractivity contribution in [1.82, 2.24) is 0 Å². The highest BCUT2D eigenvalue weighted by Gasteiger charge is 2.24. The maximum Gasteiger partial charge on any atom is -0.00804 e. The summed E-state index contributed by atoms with van der Waals surface area (Å²) in [5, 5.41) is 0. The SMILES string of the molecule is CCC(C)(CC)c1ccc2c(c1)CC2. The molecule has 14 heavy (non-hydrogen) atoms. The standard InChI is InChI=1S/C14H20/c1-4-14(3,5-2)13-9-8-11-6-7-12(11)10-13/h8-10H,4-7H2,1-3H3. The summed E-state index contributed by atoms with van der Waals surface area (Å²) in [7, 11) is 0. The number of rotatable bonds is 3. The summed E-state index contributed by atoms with van der Waals surface area (Å²) >= 11 is 0. The third-order valence-electron chi connectivity index (χ3n) is 4.13. The molecular formula is C14H20. The van der Waals surface area contributed by atoms with Gasteiger partial charge in [0.2, 0.25) is 0 Å². The van der Waals surface area contributed by atoms with Gasteiger partial charge in [-0.05, 0) is 47.8 Å². The van der Waals surface area contributed by atoms with Crippen LogP contribution in [0, 0.1) is 0 Å². The van der Waals surface area contributed by atoms with Crippen molar-refractivity contribution in [2.45, 2.75) is 51.9 Å². The van der Waals surface area contributed by atoms with Crippen LogP contribution in [0.25, 0.3) is 0 Å². The molecule has 0 aromatic heterocycles. The second kappa shape index (κ2) is 3.42. The molecule has 0 nitrogen and oxygen atoms in total. The van der Waals surface area contributed by atoms with Crippen LogP contribution < -0.4 is 0 Å². The van der Waals surface area contributed by atoms with Crippen LogP contribution in [-0.4, -0.2) is 0 Å². The smallest absolute Gasteiger partial charge is 0.00804 e. The van der Waals surface area contributed by atoms with E-state index < -0.39 is 0 Å². The lowest BCUT2D eigenvalue weighted by Crippen LogP contribution is -2.21. The lowest BCUT2D eigenvalue weighted by atomic mass is 9.75. The first-order valence-electron chi connectivity index (χ1n) is 5.82. The zero-order valence-electron chi connectivity index (χ0n) is 9.56. The van der Waals surface area contributed by atoms with Gasteiger partial charge in [-0.3, -0.25) is 0 Å². The van der Waals surface area contributed by atoms with Crippen LogP contribution >= 0.6 is 0 Å². The Balaban J connectivity index is 2.35. The normalized spacial score (nSPS) is 14.8. The van der Waals surface area contributed by atoms with Crippen LogP contribution in [0.15, 0.2) is 18.2 Å². The van der Waals surface area contributed by atoms with Crippen LogP contribution in [0.4, 0.5) is 0 Å². The van der Waals surface area contributed by atoms with E-state index in [0.717, 1.165) is 0 Å². The van der Waals surface area contributed by atoms with Gasteiger partial charge in [0.1, 0.15) is 0 Å². The molecule has 0 unspecified atom stereocenters. The van der Waals surface area contributed by atoms with Crippen molar-refractivity contribution in [3.63, 3.8) is 0 Å². The molecule has 2 rings (SSSR count). The van der Waals surface area contributed by atoms with Gasteiger partial charge in [0, 0.05) is 0 Å². The van der Waals surface area contributed by atoms with Gasteiger partial charge in [-0.15, -0.1) is 0 Å². The van der Waals surface area contributed by atoms with Crippen LogP contribution in [0.3, 0.4) is 0 Å². The van der Waals surface area contributed by atoms with Crippen LogP contribution in [0.2, 0.25) is 0 Å². The average Bonchev–Trinajstić information content (AvgIpc) is 2.19. The van der Waals surface area contributed by atoms with Crippen molar-refractivity contribution in [3.8, 4) is 0 Å². The Bertz CT molecular complexity index is 332. The Morgan fingerprint density at radius 1 is 1.07 bits per heavy atom. The molecule has 0 aliphatic heterocycles. The predicted molar refractivity (Wildman–Crippen MR) is 61.8 cm³/mol. The molecule has 0 spiro atoms. The van der Waals surface area contributed by atoms with E-state index in [1.807, 2.05) is 0 Å². The zero-order valence-corrected chi connectivity index (χ0v) is 9.56. The fraction of sp³-hybridized carbons (Fsp3) is 0.571. The zero-order chi connectivity index (χ0) is 10.2. The lowest BCUT2D eigenvalue weighted by molar-refractivity contribution is 0.438. The summed E-state index contributed by atoms with van der Waals surface area (Å²) in [4.78, 5) is 0. The molecule has 1 aromatic rings. The van der Waals surface area contributed by atoms with Gasteiger partial charge in [-0.2, -0.15) is 0 Å². The minimum atomic E-state index is 0.393. The fourth-order valence-corrected chi connectivity index (χ4v) is 2.23. The molecule has 1 aliphatic carbocycles. The van der Waals surface area contributed by atoms with E-state index in [2.05, 4.69) is 39.0 Å². The average molecular weight is 188 g/mol. The third-order valence-corrected chi connectivity index (χ3v) is 4.13. The lowest BCUT2D eigenvalue weighted by Gasteiger charge is -2.30. The quantitative estimate of drug-likeness (QED) is 0.675. The van der Waals surface area contributed by atoms with Crippen molar-refractivity contribution in [2.24, 2.45) is 0 Å². The van der Waals surface area contributed by atoms with Gasteiger partial charge in [-0.25, -0.2) is 0 Å².